The van der Waals surface area contributed by atoms with Crippen LogP contribution in [0.3, 0.4) is 0 Å². The van der Waals surface area contributed by atoms with Gasteiger partial charge in [-0.3, -0.25) is 4.79 Å². The molecule has 11 heteroatoms. The van der Waals surface area contributed by atoms with E-state index in [1.165, 1.54) is 6.92 Å². The van der Waals surface area contributed by atoms with Crippen molar-refractivity contribution in [1.82, 2.24) is 0 Å². The van der Waals surface area contributed by atoms with Crippen LogP contribution in [0.1, 0.15) is 43.0 Å². The number of benzene rings is 2. The molecule has 2 aromatic rings. The quantitative estimate of drug-likeness (QED) is 0.471. The van der Waals surface area contributed by atoms with Crippen LogP contribution in [-0.2, 0) is 9.84 Å². The molecule has 2 saturated carbocycles. The fourth-order valence-electron chi connectivity index (χ4n) is 5.48. The molecule has 0 saturated heterocycles. The number of anilines is 1. The summed E-state index contributed by atoms with van der Waals surface area (Å²) in [6.45, 7) is 1.34. The van der Waals surface area contributed by atoms with Crippen molar-refractivity contribution >= 4 is 21.4 Å². The van der Waals surface area contributed by atoms with Crippen LogP contribution in [-0.4, -0.2) is 52.7 Å². The molecule has 190 valence electrons. The summed E-state index contributed by atoms with van der Waals surface area (Å²) in [5.74, 6) is -5.38. The van der Waals surface area contributed by atoms with Gasteiger partial charge in [-0.1, -0.05) is 0 Å². The Labute approximate surface area is 200 Å². The van der Waals surface area contributed by atoms with Crippen LogP contribution in [0.4, 0.5) is 18.9 Å². The molecule has 0 aliphatic heterocycles. The van der Waals surface area contributed by atoms with Gasteiger partial charge in [0.15, 0.2) is 21.5 Å². The van der Waals surface area contributed by atoms with Gasteiger partial charge in [-0.2, -0.15) is 0 Å². The van der Waals surface area contributed by atoms with Gasteiger partial charge in [-0.25, -0.2) is 21.6 Å². The van der Waals surface area contributed by atoms with Gasteiger partial charge in [-0.15, -0.1) is 0 Å². The van der Waals surface area contributed by atoms with Crippen molar-refractivity contribution in [3.05, 3.63) is 59.4 Å². The van der Waals surface area contributed by atoms with E-state index < -0.39 is 73.0 Å². The molecule has 6 atom stereocenters. The van der Waals surface area contributed by atoms with Gasteiger partial charge >= 0.3 is 0 Å². The minimum Gasteiger partial charge on any atom is -0.391 e. The maximum absolute atomic E-state index is 14.7. The number of aliphatic hydroxyl groups is 3. The van der Waals surface area contributed by atoms with Gasteiger partial charge in [-0.05, 0) is 74.8 Å². The molecule has 2 aliphatic rings. The van der Waals surface area contributed by atoms with Gasteiger partial charge < -0.3 is 20.6 Å². The van der Waals surface area contributed by atoms with Crippen LogP contribution >= 0.6 is 0 Å². The summed E-state index contributed by atoms with van der Waals surface area (Å²) < 4.78 is 68.0. The summed E-state index contributed by atoms with van der Waals surface area (Å²) in [7, 11) is -4.28. The van der Waals surface area contributed by atoms with Crippen molar-refractivity contribution in [1.29, 1.82) is 0 Å². The molecule has 4 rings (SSSR count). The molecule has 2 aromatic carbocycles. The molecule has 0 spiro atoms. The molecule has 2 fully saturated rings. The average molecular weight is 514 g/mol. The van der Waals surface area contributed by atoms with Gasteiger partial charge in [0.05, 0.1) is 17.0 Å². The normalized spacial score (nSPS) is 27.9. The fraction of sp³-hybridized carbons (Fsp3) is 0.458. The lowest BCUT2D eigenvalue weighted by atomic mass is 9.70. The first-order valence-electron chi connectivity index (χ1n) is 11.2. The average Bonchev–Trinajstić information content (AvgIpc) is 2.97. The maximum Gasteiger partial charge on any atom is 0.255 e. The Balaban J connectivity index is 1.59. The van der Waals surface area contributed by atoms with Crippen LogP contribution in [0.15, 0.2) is 41.3 Å². The Morgan fingerprint density at radius 3 is 2.17 bits per heavy atom. The highest BCUT2D eigenvalue weighted by Gasteiger charge is 2.59. The lowest BCUT2D eigenvalue weighted by Gasteiger charge is -2.46. The second-order valence-corrected chi connectivity index (χ2v) is 11.6. The zero-order chi connectivity index (χ0) is 25.7. The Bertz CT molecular complexity index is 1240. The molecule has 0 radical (unpaired) electrons. The highest BCUT2D eigenvalue weighted by Crippen LogP contribution is 2.53. The molecule has 2 aliphatic carbocycles. The zero-order valence-corrected chi connectivity index (χ0v) is 19.6. The van der Waals surface area contributed by atoms with E-state index in [-0.39, 0.29) is 24.1 Å². The summed E-state index contributed by atoms with van der Waals surface area (Å²) >= 11 is 0. The predicted octanol–water partition coefficient (Wildman–Crippen LogP) is 2.79. The van der Waals surface area contributed by atoms with Crippen molar-refractivity contribution in [3.8, 4) is 0 Å². The largest absolute Gasteiger partial charge is 0.391 e. The lowest BCUT2D eigenvalue weighted by Crippen LogP contribution is -2.58. The molecule has 4 N–H and O–H groups in total. The standard InChI is InChI=1S/C24H26F3NO6S/c1-12(29)22(30)24(32)14-3-4-15(24)10-17(9-14)35(33,34)21-8-13(2-6-19(21)26)23(31)28-16-5-7-18(25)20(27)11-16/h2,5-8,11-12,14-15,17,22,29-30,32H,3-4,9-10H2,1H3,(H,28,31)/t12-,14-,15+,17-,22+,24-/m0/s1. The van der Waals surface area contributed by atoms with E-state index in [0.717, 1.165) is 36.4 Å². The number of fused-ring (bicyclic) bond motifs is 2. The van der Waals surface area contributed by atoms with Crippen LogP contribution in [0.25, 0.3) is 0 Å². The highest BCUT2D eigenvalue weighted by atomic mass is 32.2. The third kappa shape index (κ3) is 4.46. The molecule has 7 nitrogen and oxygen atoms in total. The van der Waals surface area contributed by atoms with Crippen LogP contribution < -0.4 is 5.32 Å². The van der Waals surface area contributed by atoms with Gasteiger partial charge in [0.2, 0.25) is 0 Å². The number of hydrogen-bond donors (Lipinski definition) is 4. The summed E-state index contributed by atoms with van der Waals surface area (Å²) in [6.07, 6.45) is -1.82. The molecule has 2 bridgehead atoms. The summed E-state index contributed by atoms with van der Waals surface area (Å²) in [5, 5.41) is 32.6. The number of amides is 1. The van der Waals surface area contributed by atoms with Crippen LogP contribution in [0.2, 0.25) is 0 Å². The Kier molecular flexibility index (Phi) is 6.73. The summed E-state index contributed by atoms with van der Waals surface area (Å²) in [6, 6.07) is 5.52. The molecule has 35 heavy (non-hydrogen) atoms. The molecule has 0 aromatic heterocycles. The van der Waals surface area contributed by atoms with E-state index >= 15 is 0 Å². The number of nitrogens with one attached hydrogen (secondary N) is 1. The molecule has 0 heterocycles. The highest BCUT2D eigenvalue weighted by molar-refractivity contribution is 7.92. The Morgan fingerprint density at radius 1 is 1.00 bits per heavy atom. The number of carbonyl (C=O) groups excluding carboxylic acids is 1. The first-order valence-corrected chi connectivity index (χ1v) is 12.8. The molecule has 1 amide bonds. The first kappa shape index (κ1) is 25.6. The number of hydrogen-bond acceptors (Lipinski definition) is 6. The van der Waals surface area contributed by atoms with Gasteiger partial charge in [0.25, 0.3) is 5.91 Å². The molecular weight excluding hydrogens is 487 g/mol. The smallest absolute Gasteiger partial charge is 0.255 e. The first-order chi connectivity index (χ1) is 16.4. The zero-order valence-electron chi connectivity index (χ0n) is 18.8. The Hall–Kier alpha value is -2.47. The van der Waals surface area contributed by atoms with Crippen molar-refractivity contribution < 1.29 is 41.7 Å². The number of halogens is 3. The fourth-order valence-corrected chi connectivity index (χ4v) is 7.45. The van der Waals surface area contributed by atoms with E-state index in [1.54, 1.807) is 0 Å². The van der Waals surface area contributed by atoms with E-state index in [2.05, 4.69) is 5.32 Å². The topological polar surface area (TPSA) is 124 Å². The van der Waals surface area contributed by atoms with Gasteiger partial charge in [0, 0.05) is 17.3 Å². The monoisotopic (exact) mass is 513 g/mol. The third-order valence-corrected chi connectivity index (χ3v) is 9.50. The van der Waals surface area contributed by atoms with Crippen molar-refractivity contribution in [2.45, 2.75) is 60.6 Å². The van der Waals surface area contributed by atoms with Crippen LogP contribution in [0, 0.1) is 29.3 Å². The number of aliphatic hydroxyl groups excluding tert-OH is 2. The number of rotatable bonds is 6. The second kappa shape index (κ2) is 9.20. The second-order valence-electron chi connectivity index (χ2n) is 9.41. The van der Waals surface area contributed by atoms with Crippen molar-refractivity contribution in [3.63, 3.8) is 0 Å². The predicted molar refractivity (Wildman–Crippen MR) is 120 cm³/mol. The minimum atomic E-state index is -4.28. The van der Waals surface area contributed by atoms with Crippen LogP contribution in [0.5, 0.6) is 0 Å². The Morgan fingerprint density at radius 2 is 1.60 bits per heavy atom. The van der Waals surface area contributed by atoms with E-state index in [1.807, 2.05) is 0 Å². The number of carbonyl (C=O) groups is 1. The summed E-state index contributed by atoms with van der Waals surface area (Å²) in [5.41, 5.74) is -1.90. The number of sulfone groups is 1. The third-order valence-electron chi connectivity index (χ3n) is 7.31. The van der Waals surface area contributed by atoms with E-state index in [9.17, 15) is 41.7 Å². The SMILES string of the molecule is C[C@H](O)[C@@H](O)[C@@]1(O)[C@@H]2CC[C@H]1C[C@H](S(=O)(=O)c1cc(C(=O)Nc3ccc(F)c(F)c3)ccc1F)C2. The lowest BCUT2D eigenvalue weighted by molar-refractivity contribution is -0.172. The summed E-state index contributed by atoms with van der Waals surface area (Å²) in [4.78, 5) is 11.9. The van der Waals surface area contributed by atoms with Crippen molar-refractivity contribution in [2.75, 3.05) is 5.32 Å². The van der Waals surface area contributed by atoms with Gasteiger partial charge in [0.1, 0.15) is 16.8 Å². The van der Waals surface area contributed by atoms with E-state index in [4.69, 9.17) is 0 Å². The van der Waals surface area contributed by atoms with Crippen molar-refractivity contribution in [2.24, 2.45) is 11.8 Å². The van der Waals surface area contributed by atoms with E-state index in [0.29, 0.717) is 12.8 Å². The molecular formula is C24H26F3NO6S. The maximum atomic E-state index is 14.7. The molecule has 0 unspecified atom stereocenters. The minimum absolute atomic E-state index is 0.0379.